The molecule has 10 aromatic rings. The molecule has 0 spiro atoms. The molecular formula is C54H36N4. The number of pyridine rings is 2. The first-order valence-electron chi connectivity index (χ1n) is 19.5. The fourth-order valence-corrected chi connectivity index (χ4v) is 7.55. The Balaban J connectivity index is 1.09. The van der Waals surface area contributed by atoms with Gasteiger partial charge in [-0.2, -0.15) is 0 Å². The lowest BCUT2D eigenvalue weighted by Crippen LogP contribution is -1.97. The first-order chi connectivity index (χ1) is 28.7. The molecular weight excluding hydrogens is 705 g/mol. The molecule has 4 nitrogen and oxygen atoms in total. The molecule has 4 heteroatoms. The van der Waals surface area contributed by atoms with Crippen molar-refractivity contribution in [3.05, 3.63) is 219 Å². The second-order valence-corrected chi connectivity index (χ2v) is 14.3. The van der Waals surface area contributed by atoms with Crippen LogP contribution in [0, 0.1) is 0 Å². The van der Waals surface area contributed by atoms with Gasteiger partial charge in [0.1, 0.15) is 0 Å². The Morgan fingerprint density at radius 3 is 1.38 bits per heavy atom. The highest BCUT2D eigenvalue weighted by Gasteiger charge is 2.16. The van der Waals surface area contributed by atoms with E-state index in [4.69, 9.17) is 19.9 Å². The van der Waals surface area contributed by atoms with Crippen LogP contribution < -0.4 is 0 Å². The third kappa shape index (κ3) is 7.07. The van der Waals surface area contributed by atoms with Crippen molar-refractivity contribution >= 4 is 10.9 Å². The lowest BCUT2D eigenvalue weighted by molar-refractivity contribution is 1.23. The molecule has 10 rings (SSSR count). The van der Waals surface area contributed by atoms with Crippen LogP contribution in [0.15, 0.2) is 219 Å². The maximum Gasteiger partial charge on any atom is 0.160 e. The molecule has 272 valence electrons. The largest absolute Gasteiger partial charge is 0.256 e. The monoisotopic (exact) mass is 740 g/mol. The van der Waals surface area contributed by atoms with Gasteiger partial charge in [-0.1, -0.05) is 158 Å². The molecule has 0 radical (unpaired) electrons. The Labute approximate surface area is 337 Å². The Bertz CT molecular complexity index is 2950. The number of hydrogen-bond acceptors (Lipinski definition) is 4. The van der Waals surface area contributed by atoms with Crippen molar-refractivity contribution in [1.82, 2.24) is 19.9 Å². The van der Waals surface area contributed by atoms with E-state index in [1.807, 2.05) is 48.7 Å². The van der Waals surface area contributed by atoms with Gasteiger partial charge >= 0.3 is 0 Å². The summed E-state index contributed by atoms with van der Waals surface area (Å²) in [5, 5.41) is 1.01. The predicted octanol–water partition coefficient (Wildman–Crippen LogP) is 13.8. The van der Waals surface area contributed by atoms with Gasteiger partial charge in [-0.05, 0) is 88.0 Å². The van der Waals surface area contributed by atoms with Crippen LogP contribution in [-0.2, 0) is 0 Å². The van der Waals surface area contributed by atoms with E-state index >= 15 is 0 Å². The average molecular weight is 741 g/mol. The lowest BCUT2D eigenvalue weighted by Gasteiger charge is -2.14. The minimum absolute atomic E-state index is 0.657. The van der Waals surface area contributed by atoms with Gasteiger partial charge in [0.15, 0.2) is 5.82 Å². The summed E-state index contributed by atoms with van der Waals surface area (Å²) in [7, 11) is 0. The van der Waals surface area contributed by atoms with Crippen LogP contribution in [0.4, 0.5) is 0 Å². The van der Waals surface area contributed by atoms with Crippen LogP contribution in [0.3, 0.4) is 0 Å². The fourth-order valence-electron chi connectivity index (χ4n) is 7.55. The van der Waals surface area contributed by atoms with E-state index in [9.17, 15) is 0 Å². The molecule has 0 bridgehead atoms. The van der Waals surface area contributed by atoms with Gasteiger partial charge in [0.25, 0.3) is 0 Å². The van der Waals surface area contributed by atoms with Crippen molar-refractivity contribution in [3.63, 3.8) is 0 Å². The number of aromatic nitrogens is 4. The Kier molecular flexibility index (Phi) is 9.18. The van der Waals surface area contributed by atoms with Crippen molar-refractivity contribution in [3.8, 4) is 89.8 Å². The summed E-state index contributed by atoms with van der Waals surface area (Å²) >= 11 is 0. The number of benzene rings is 7. The van der Waals surface area contributed by atoms with E-state index in [2.05, 4.69) is 170 Å². The van der Waals surface area contributed by atoms with Crippen LogP contribution in [0.25, 0.3) is 101 Å². The fraction of sp³-hybridized carbons (Fsp3) is 0. The molecule has 0 aliphatic rings. The van der Waals surface area contributed by atoms with Crippen molar-refractivity contribution in [2.45, 2.75) is 0 Å². The summed E-state index contributed by atoms with van der Waals surface area (Å²) in [6, 6.07) is 73.8. The molecule has 0 aliphatic heterocycles. The standard InChI is InChI=1S/C54H36N4/c1-5-15-37(16-6-1)43-28-29-50-48(34-43)53(42-21-11-4-12-22-42)58-54(57-50)47-32-44(31-46(33-47)49-23-13-14-30-55-49)39-24-26-41(27-25-39)52-36-45(38-17-7-2-8-18-38)35-51(56-52)40-19-9-3-10-20-40/h1-36H. The van der Waals surface area contributed by atoms with E-state index in [-0.39, 0.29) is 0 Å². The van der Waals surface area contributed by atoms with Crippen molar-refractivity contribution in [1.29, 1.82) is 0 Å². The molecule has 3 heterocycles. The number of fused-ring (bicyclic) bond motifs is 1. The third-order valence-corrected chi connectivity index (χ3v) is 10.5. The molecule has 0 amide bonds. The zero-order chi connectivity index (χ0) is 38.7. The average Bonchev–Trinajstić information content (AvgIpc) is 3.32. The van der Waals surface area contributed by atoms with Crippen LogP contribution in [0.1, 0.15) is 0 Å². The minimum atomic E-state index is 0.657. The smallest absolute Gasteiger partial charge is 0.160 e. The van der Waals surface area contributed by atoms with Gasteiger partial charge in [0.05, 0.1) is 28.3 Å². The van der Waals surface area contributed by atoms with Crippen molar-refractivity contribution in [2.75, 3.05) is 0 Å². The molecule has 0 aliphatic carbocycles. The molecule has 58 heavy (non-hydrogen) atoms. The third-order valence-electron chi connectivity index (χ3n) is 10.5. The van der Waals surface area contributed by atoms with Gasteiger partial charge in [-0.3, -0.25) is 4.98 Å². The molecule has 3 aromatic heterocycles. The maximum absolute atomic E-state index is 5.33. The van der Waals surface area contributed by atoms with Gasteiger partial charge < -0.3 is 0 Å². The Morgan fingerprint density at radius 2 is 0.741 bits per heavy atom. The second kappa shape index (κ2) is 15.4. The summed E-state index contributed by atoms with van der Waals surface area (Å²) in [6.45, 7) is 0. The van der Waals surface area contributed by atoms with E-state index < -0.39 is 0 Å². The van der Waals surface area contributed by atoms with E-state index in [1.54, 1.807) is 0 Å². The molecule has 0 saturated heterocycles. The van der Waals surface area contributed by atoms with Crippen LogP contribution in [0.5, 0.6) is 0 Å². The van der Waals surface area contributed by atoms with E-state index in [1.165, 1.54) is 0 Å². The normalized spacial score (nSPS) is 11.1. The van der Waals surface area contributed by atoms with Gasteiger partial charge in [0, 0.05) is 39.4 Å². The van der Waals surface area contributed by atoms with Gasteiger partial charge in [-0.25, -0.2) is 15.0 Å². The molecule has 7 aromatic carbocycles. The Morgan fingerprint density at radius 1 is 0.259 bits per heavy atom. The highest BCUT2D eigenvalue weighted by Crippen LogP contribution is 2.37. The first-order valence-corrected chi connectivity index (χ1v) is 19.5. The van der Waals surface area contributed by atoms with Crippen molar-refractivity contribution in [2.24, 2.45) is 0 Å². The lowest BCUT2D eigenvalue weighted by atomic mass is 9.95. The number of hydrogen-bond donors (Lipinski definition) is 0. The second-order valence-electron chi connectivity index (χ2n) is 14.3. The topological polar surface area (TPSA) is 51.6 Å². The van der Waals surface area contributed by atoms with Crippen LogP contribution in [0.2, 0.25) is 0 Å². The van der Waals surface area contributed by atoms with Crippen LogP contribution >= 0.6 is 0 Å². The van der Waals surface area contributed by atoms with Crippen molar-refractivity contribution < 1.29 is 0 Å². The SMILES string of the molecule is c1ccc(-c2cc(-c3ccccc3)nc(-c3ccc(-c4cc(-c5ccccn5)cc(-c5nc(-c6ccccc6)c6cc(-c7ccccc7)ccc6n5)c4)cc3)c2)cc1. The molecule has 0 unspecified atom stereocenters. The number of rotatable bonds is 8. The summed E-state index contributed by atoms with van der Waals surface area (Å²) in [5.41, 5.74) is 16.3. The molecule has 0 N–H and O–H groups in total. The highest BCUT2D eigenvalue weighted by atomic mass is 14.9. The van der Waals surface area contributed by atoms with E-state index in [0.717, 1.165) is 94.9 Å². The molecule has 0 atom stereocenters. The minimum Gasteiger partial charge on any atom is -0.256 e. The quantitative estimate of drug-likeness (QED) is 0.156. The Hall–Kier alpha value is -7.82. The van der Waals surface area contributed by atoms with Crippen LogP contribution in [-0.4, -0.2) is 19.9 Å². The van der Waals surface area contributed by atoms with Gasteiger partial charge in [0.2, 0.25) is 0 Å². The maximum atomic E-state index is 5.33. The highest BCUT2D eigenvalue weighted by molar-refractivity contribution is 5.96. The summed E-state index contributed by atoms with van der Waals surface area (Å²) in [6.07, 6.45) is 1.83. The first kappa shape index (κ1) is 34.7. The predicted molar refractivity (Wildman–Crippen MR) is 239 cm³/mol. The summed E-state index contributed by atoms with van der Waals surface area (Å²) < 4.78 is 0. The number of nitrogens with zero attached hydrogens (tertiary/aromatic N) is 4. The zero-order valence-corrected chi connectivity index (χ0v) is 31.6. The summed E-state index contributed by atoms with van der Waals surface area (Å²) in [5.74, 6) is 0.657. The molecule has 0 fully saturated rings. The van der Waals surface area contributed by atoms with E-state index in [0.29, 0.717) is 5.82 Å². The molecule has 0 saturated carbocycles. The van der Waals surface area contributed by atoms with Gasteiger partial charge in [-0.15, -0.1) is 0 Å². The zero-order valence-electron chi connectivity index (χ0n) is 31.6. The summed E-state index contributed by atoms with van der Waals surface area (Å²) in [4.78, 5) is 20.5.